The summed E-state index contributed by atoms with van der Waals surface area (Å²) in [5.74, 6) is 6.32. The summed E-state index contributed by atoms with van der Waals surface area (Å²) in [4.78, 5) is 11.2. The van der Waals surface area contributed by atoms with E-state index < -0.39 is 0 Å². The van der Waals surface area contributed by atoms with Crippen molar-refractivity contribution in [3.8, 4) is 11.8 Å². The second-order valence-corrected chi connectivity index (χ2v) is 4.89. The molecule has 0 heterocycles. The van der Waals surface area contributed by atoms with Gasteiger partial charge in [-0.2, -0.15) is 0 Å². The van der Waals surface area contributed by atoms with Gasteiger partial charge in [0.05, 0.1) is 6.42 Å². The molecule has 0 rings (SSSR count). The number of rotatable bonds is 2. The standard InChI is InChI=1S/C12H20O/c1-10(2)11(13)8-6-7-9-12(3,4)5/h10H,8-9H2,1-5H3. The van der Waals surface area contributed by atoms with Gasteiger partial charge in [-0.1, -0.05) is 40.5 Å². The molecule has 0 aliphatic rings. The Morgan fingerprint density at radius 2 is 1.77 bits per heavy atom. The van der Waals surface area contributed by atoms with Gasteiger partial charge in [-0.3, -0.25) is 4.79 Å². The van der Waals surface area contributed by atoms with Crippen molar-refractivity contribution < 1.29 is 4.79 Å². The monoisotopic (exact) mass is 180 g/mol. The molecule has 0 bridgehead atoms. The smallest absolute Gasteiger partial charge is 0.147 e. The van der Waals surface area contributed by atoms with Crippen LogP contribution in [-0.2, 0) is 4.79 Å². The van der Waals surface area contributed by atoms with E-state index in [1.54, 1.807) is 0 Å². The summed E-state index contributed by atoms with van der Waals surface area (Å²) in [6, 6.07) is 0. The molecule has 0 fully saturated rings. The van der Waals surface area contributed by atoms with Crippen LogP contribution in [-0.4, -0.2) is 5.78 Å². The van der Waals surface area contributed by atoms with E-state index in [1.807, 2.05) is 13.8 Å². The van der Waals surface area contributed by atoms with Crippen LogP contribution in [0.1, 0.15) is 47.5 Å². The number of hydrogen-bond acceptors (Lipinski definition) is 1. The summed E-state index contributed by atoms with van der Waals surface area (Å²) < 4.78 is 0. The number of Topliss-reactive ketones (excluding diaryl/α,β-unsaturated/α-hetero) is 1. The summed E-state index contributed by atoms with van der Waals surface area (Å²) in [6.45, 7) is 10.3. The Hall–Kier alpha value is -0.770. The maximum absolute atomic E-state index is 11.2. The lowest BCUT2D eigenvalue weighted by molar-refractivity contribution is -0.120. The van der Waals surface area contributed by atoms with Gasteiger partial charge in [0.25, 0.3) is 0 Å². The van der Waals surface area contributed by atoms with Gasteiger partial charge in [0.15, 0.2) is 0 Å². The van der Waals surface area contributed by atoms with Crippen molar-refractivity contribution in [2.75, 3.05) is 0 Å². The Balaban J connectivity index is 3.82. The van der Waals surface area contributed by atoms with Gasteiger partial charge < -0.3 is 0 Å². The lowest BCUT2D eigenvalue weighted by atomic mass is 9.93. The summed E-state index contributed by atoms with van der Waals surface area (Å²) >= 11 is 0. The lowest BCUT2D eigenvalue weighted by Crippen LogP contribution is -2.05. The van der Waals surface area contributed by atoms with E-state index in [-0.39, 0.29) is 17.1 Å². The van der Waals surface area contributed by atoms with E-state index in [2.05, 4.69) is 32.6 Å². The molecule has 1 heteroatoms. The summed E-state index contributed by atoms with van der Waals surface area (Å²) in [5, 5.41) is 0. The van der Waals surface area contributed by atoms with Gasteiger partial charge in [0.1, 0.15) is 5.78 Å². The predicted molar refractivity (Wildman–Crippen MR) is 56.3 cm³/mol. The van der Waals surface area contributed by atoms with Crippen LogP contribution in [0.25, 0.3) is 0 Å². The van der Waals surface area contributed by atoms with Gasteiger partial charge in [0.2, 0.25) is 0 Å². The van der Waals surface area contributed by atoms with Crippen LogP contribution in [0.4, 0.5) is 0 Å². The molecule has 0 spiro atoms. The van der Waals surface area contributed by atoms with Crippen LogP contribution in [0.5, 0.6) is 0 Å². The Morgan fingerprint density at radius 1 is 1.23 bits per heavy atom. The number of carbonyl (C=O) groups excluding carboxylic acids is 1. The average Bonchev–Trinajstić information content (AvgIpc) is 1.95. The highest BCUT2D eigenvalue weighted by atomic mass is 16.1. The average molecular weight is 180 g/mol. The second kappa shape index (κ2) is 5.07. The third kappa shape index (κ3) is 7.59. The second-order valence-electron chi connectivity index (χ2n) is 4.89. The number of ketones is 1. The third-order valence-electron chi connectivity index (χ3n) is 1.65. The topological polar surface area (TPSA) is 17.1 Å². The van der Waals surface area contributed by atoms with Crippen LogP contribution in [0.3, 0.4) is 0 Å². The van der Waals surface area contributed by atoms with Gasteiger partial charge in [0, 0.05) is 12.3 Å². The van der Waals surface area contributed by atoms with E-state index in [1.165, 1.54) is 0 Å². The fourth-order valence-electron chi connectivity index (χ4n) is 0.681. The molecule has 0 N–H and O–H groups in total. The van der Waals surface area contributed by atoms with Crippen molar-refractivity contribution >= 4 is 5.78 Å². The summed E-state index contributed by atoms with van der Waals surface area (Å²) in [5.41, 5.74) is 0.244. The molecule has 0 saturated carbocycles. The van der Waals surface area contributed by atoms with Crippen molar-refractivity contribution in [1.82, 2.24) is 0 Å². The Labute approximate surface area is 81.9 Å². The van der Waals surface area contributed by atoms with E-state index in [4.69, 9.17) is 0 Å². The highest BCUT2D eigenvalue weighted by Gasteiger charge is 2.07. The van der Waals surface area contributed by atoms with Gasteiger partial charge in [-0.25, -0.2) is 0 Å². The molecule has 1 nitrogen and oxygen atoms in total. The maximum atomic E-state index is 11.2. The first-order valence-electron chi connectivity index (χ1n) is 4.81. The van der Waals surface area contributed by atoms with Crippen molar-refractivity contribution in [2.24, 2.45) is 11.3 Å². The molecule has 0 aromatic rings. The largest absolute Gasteiger partial charge is 0.298 e. The molecule has 0 amide bonds. The lowest BCUT2D eigenvalue weighted by Gasteiger charge is -2.12. The fourth-order valence-corrected chi connectivity index (χ4v) is 0.681. The van der Waals surface area contributed by atoms with Crippen molar-refractivity contribution in [1.29, 1.82) is 0 Å². The van der Waals surface area contributed by atoms with Crippen LogP contribution in [0.2, 0.25) is 0 Å². The first-order valence-corrected chi connectivity index (χ1v) is 4.81. The Bertz CT molecular complexity index is 220. The SMILES string of the molecule is CC(C)C(=O)CC#CCC(C)(C)C. The summed E-state index contributed by atoms with van der Waals surface area (Å²) in [6.07, 6.45) is 1.27. The van der Waals surface area contributed by atoms with Crippen LogP contribution < -0.4 is 0 Å². The van der Waals surface area contributed by atoms with Crippen LogP contribution >= 0.6 is 0 Å². The molecule has 74 valence electrons. The fraction of sp³-hybridized carbons (Fsp3) is 0.750. The normalized spacial score (nSPS) is 10.9. The zero-order chi connectivity index (χ0) is 10.5. The molecule has 0 aliphatic heterocycles. The molecular weight excluding hydrogens is 160 g/mol. The van der Waals surface area contributed by atoms with Gasteiger partial charge >= 0.3 is 0 Å². The molecule has 13 heavy (non-hydrogen) atoms. The maximum Gasteiger partial charge on any atom is 0.147 e. The first-order chi connectivity index (χ1) is 5.83. The van der Waals surface area contributed by atoms with Crippen LogP contribution in [0.15, 0.2) is 0 Å². The predicted octanol–water partition coefficient (Wildman–Crippen LogP) is 3.04. The Kier molecular flexibility index (Phi) is 4.77. The quantitative estimate of drug-likeness (QED) is 0.597. The van der Waals surface area contributed by atoms with Crippen molar-refractivity contribution in [3.05, 3.63) is 0 Å². The molecule has 0 unspecified atom stereocenters. The minimum Gasteiger partial charge on any atom is -0.298 e. The van der Waals surface area contributed by atoms with Gasteiger partial charge in [-0.15, -0.1) is 5.92 Å². The third-order valence-corrected chi connectivity index (χ3v) is 1.65. The highest BCUT2D eigenvalue weighted by Crippen LogP contribution is 2.16. The molecule has 0 aromatic carbocycles. The molecule has 0 radical (unpaired) electrons. The van der Waals surface area contributed by atoms with E-state index in [9.17, 15) is 4.79 Å². The van der Waals surface area contributed by atoms with E-state index in [0.29, 0.717) is 6.42 Å². The summed E-state index contributed by atoms with van der Waals surface area (Å²) in [7, 11) is 0. The van der Waals surface area contributed by atoms with Crippen molar-refractivity contribution in [2.45, 2.75) is 47.5 Å². The minimum atomic E-state index is 0.115. The van der Waals surface area contributed by atoms with Gasteiger partial charge in [-0.05, 0) is 5.41 Å². The number of hydrogen-bond donors (Lipinski definition) is 0. The van der Waals surface area contributed by atoms with E-state index in [0.717, 1.165) is 6.42 Å². The molecule has 0 saturated heterocycles. The highest BCUT2D eigenvalue weighted by molar-refractivity contribution is 5.82. The van der Waals surface area contributed by atoms with Crippen LogP contribution in [0, 0.1) is 23.2 Å². The molecule has 0 atom stereocenters. The zero-order valence-electron chi connectivity index (χ0n) is 9.40. The zero-order valence-corrected chi connectivity index (χ0v) is 9.40. The molecule has 0 aromatic heterocycles. The number of carbonyl (C=O) groups is 1. The molecular formula is C12H20O. The molecule has 0 aliphatic carbocycles. The van der Waals surface area contributed by atoms with Crippen molar-refractivity contribution in [3.63, 3.8) is 0 Å². The first kappa shape index (κ1) is 12.2. The minimum absolute atomic E-state index is 0.115. The van der Waals surface area contributed by atoms with E-state index >= 15 is 0 Å². The Morgan fingerprint density at radius 3 is 2.15 bits per heavy atom.